The van der Waals surface area contributed by atoms with Gasteiger partial charge in [0.15, 0.2) is 0 Å². The Kier molecular flexibility index (Phi) is 9.77. The summed E-state index contributed by atoms with van der Waals surface area (Å²) >= 11 is 0. The highest BCUT2D eigenvalue weighted by Gasteiger charge is 2.15. The molecule has 0 aromatic rings. The van der Waals surface area contributed by atoms with Crippen molar-refractivity contribution in [1.82, 2.24) is 0 Å². The standard InChI is InChI=1S/C16H28O4/c1-6-7-8-19-16(18)14(9-12(2)3)10-15(17)20-11-13(4)5/h10,12-13H,6-9,11H2,1-5H3/b14-10-. The lowest BCUT2D eigenvalue weighted by Gasteiger charge is -2.11. The molecule has 0 aliphatic heterocycles. The average molecular weight is 284 g/mol. The third-order valence-electron chi connectivity index (χ3n) is 2.47. The van der Waals surface area contributed by atoms with Crippen LogP contribution < -0.4 is 0 Å². The van der Waals surface area contributed by atoms with Crippen LogP contribution in [0, 0.1) is 11.8 Å². The van der Waals surface area contributed by atoms with Crippen LogP contribution in [0.2, 0.25) is 0 Å². The van der Waals surface area contributed by atoms with Gasteiger partial charge in [0.1, 0.15) is 0 Å². The van der Waals surface area contributed by atoms with Crippen molar-refractivity contribution in [2.24, 2.45) is 11.8 Å². The van der Waals surface area contributed by atoms with Crippen molar-refractivity contribution in [2.75, 3.05) is 13.2 Å². The SMILES string of the molecule is CCCCOC(=O)/C(=C\C(=O)OCC(C)C)CC(C)C. The molecular formula is C16H28O4. The van der Waals surface area contributed by atoms with E-state index in [4.69, 9.17) is 9.47 Å². The summed E-state index contributed by atoms with van der Waals surface area (Å²) in [5, 5.41) is 0. The van der Waals surface area contributed by atoms with Gasteiger partial charge in [0, 0.05) is 11.6 Å². The molecule has 116 valence electrons. The minimum absolute atomic E-state index is 0.275. The van der Waals surface area contributed by atoms with E-state index in [1.54, 1.807) is 0 Å². The lowest BCUT2D eigenvalue weighted by atomic mass is 10.0. The molecule has 0 amide bonds. The second kappa shape index (κ2) is 10.5. The summed E-state index contributed by atoms with van der Waals surface area (Å²) in [5.41, 5.74) is 0.393. The number of carbonyl (C=O) groups is 2. The zero-order chi connectivity index (χ0) is 15.5. The second-order valence-corrected chi connectivity index (χ2v) is 5.78. The first-order valence-electron chi connectivity index (χ1n) is 7.41. The summed E-state index contributed by atoms with van der Waals surface area (Å²) in [6.07, 6.45) is 3.59. The van der Waals surface area contributed by atoms with E-state index in [-0.39, 0.29) is 11.8 Å². The number of esters is 2. The van der Waals surface area contributed by atoms with Crippen molar-refractivity contribution in [3.63, 3.8) is 0 Å². The summed E-state index contributed by atoms with van der Waals surface area (Å²) in [6, 6.07) is 0. The molecule has 0 aliphatic carbocycles. The van der Waals surface area contributed by atoms with Gasteiger partial charge in [-0.2, -0.15) is 0 Å². The second-order valence-electron chi connectivity index (χ2n) is 5.78. The highest BCUT2D eigenvalue weighted by molar-refractivity contribution is 5.96. The van der Waals surface area contributed by atoms with Crippen LogP contribution in [-0.2, 0) is 19.1 Å². The first kappa shape index (κ1) is 18.7. The zero-order valence-corrected chi connectivity index (χ0v) is 13.4. The van der Waals surface area contributed by atoms with Gasteiger partial charge in [-0.3, -0.25) is 0 Å². The number of hydrogen-bond donors (Lipinski definition) is 0. The van der Waals surface area contributed by atoms with Gasteiger partial charge in [0.05, 0.1) is 13.2 Å². The normalized spacial score (nSPS) is 11.8. The maximum Gasteiger partial charge on any atom is 0.334 e. The molecule has 0 aromatic heterocycles. The number of rotatable bonds is 9. The molecule has 0 heterocycles. The lowest BCUT2D eigenvalue weighted by molar-refractivity contribution is -0.142. The Labute approximate surface area is 122 Å². The maximum atomic E-state index is 11.9. The predicted molar refractivity (Wildman–Crippen MR) is 79.2 cm³/mol. The molecule has 0 aromatic carbocycles. The lowest BCUT2D eigenvalue weighted by Crippen LogP contribution is -2.14. The molecule has 20 heavy (non-hydrogen) atoms. The van der Waals surface area contributed by atoms with Crippen LogP contribution >= 0.6 is 0 Å². The summed E-state index contributed by atoms with van der Waals surface area (Å²) in [7, 11) is 0. The molecule has 0 fully saturated rings. The van der Waals surface area contributed by atoms with Crippen molar-refractivity contribution < 1.29 is 19.1 Å². The van der Waals surface area contributed by atoms with E-state index in [0.29, 0.717) is 25.2 Å². The fourth-order valence-electron chi connectivity index (χ4n) is 1.48. The van der Waals surface area contributed by atoms with Crippen LogP contribution in [0.4, 0.5) is 0 Å². The van der Waals surface area contributed by atoms with Gasteiger partial charge >= 0.3 is 11.9 Å². The fraction of sp³-hybridized carbons (Fsp3) is 0.750. The van der Waals surface area contributed by atoms with E-state index in [1.165, 1.54) is 6.08 Å². The van der Waals surface area contributed by atoms with Crippen molar-refractivity contribution in [1.29, 1.82) is 0 Å². The van der Waals surface area contributed by atoms with Crippen LogP contribution in [0.15, 0.2) is 11.6 Å². The molecule has 0 unspecified atom stereocenters. The van der Waals surface area contributed by atoms with E-state index >= 15 is 0 Å². The number of unbranched alkanes of at least 4 members (excludes halogenated alkanes) is 1. The molecule has 0 rings (SSSR count). The van der Waals surface area contributed by atoms with Gasteiger partial charge in [-0.15, -0.1) is 0 Å². The number of ether oxygens (including phenoxy) is 2. The largest absolute Gasteiger partial charge is 0.462 e. The van der Waals surface area contributed by atoms with E-state index in [2.05, 4.69) is 0 Å². The molecule has 0 atom stereocenters. The molecule has 0 saturated carbocycles. The van der Waals surface area contributed by atoms with Crippen LogP contribution in [-0.4, -0.2) is 25.2 Å². The molecule has 0 N–H and O–H groups in total. The summed E-state index contributed by atoms with van der Waals surface area (Å²) < 4.78 is 10.2. The van der Waals surface area contributed by atoms with Crippen molar-refractivity contribution in [3.8, 4) is 0 Å². The predicted octanol–water partition coefficient (Wildman–Crippen LogP) is 3.50. The Bertz CT molecular complexity index is 329. The third kappa shape index (κ3) is 9.59. The minimum Gasteiger partial charge on any atom is -0.462 e. The Hall–Kier alpha value is -1.32. The molecule has 0 spiro atoms. The Balaban J connectivity index is 4.59. The Morgan fingerprint density at radius 3 is 2.20 bits per heavy atom. The van der Waals surface area contributed by atoms with Crippen LogP contribution in [0.5, 0.6) is 0 Å². The van der Waals surface area contributed by atoms with Crippen LogP contribution in [0.1, 0.15) is 53.9 Å². The molecule has 4 nitrogen and oxygen atoms in total. The van der Waals surface area contributed by atoms with Crippen molar-refractivity contribution >= 4 is 11.9 Å². The van der Waals surface area contributed by atoms with Crippen LogP contribution in [0.3, 0.4) is 0 Å². The van der Waals surface area contributed by atoms with E-state index in [9.17, 15) is 9.59 Å². The summed E-state index contributed by atoms with van der Waals surface area (Å²) in [4.78, 5) is 23.6. The van der Waals surface area contributed by atoms with Gasteiger partial charge in [0.25, 0.3) is 0 Å². The van der Waals surface area contributed by atoms with Gasteiger partial charge < -0.3 is 9.47 Å². The quantitative estimate of drug-likeness (QED) is 0.369. The van der Waals surface area contributed by atoms with E-state index in [1.807, 2.05) is 34.6 Å². The van der Waals surface area contributed by atoms with Gasteiger partial charge in [-0.1, -0.05) is 41.0 Å². The van der Waals surface area contributed by atoms with Gasteiger partial charge in [-0.25, -0.2) is 9.59 Å². The monoisotopic (exact) mass is 284 g/mol. The topological polar surface area (TPSA) is 52.6 Å². The highest BCUT2D eigenvalue weighted by Crippen LogP contribution is 2.13. The van der Waals surface area contributed by atoms with Crippen LogP contribution in [0.25, 0.3) is 0 Å². The minimum atomic E-state index is -0.471. The van der Waals surface area contributed by atoms with Crippen molar-refractivity contribution in [3.05, 3.63) is 11.6 Å². The fourth-order valence-corrected chi connectivity index (χ4v) is 1.48. The number of hydrogen-bond acceptors (Lipinski definition) is 4. The first-order chi connectivity index (χ1) is 9.36. The molecule has 0 radical (unpaired) electrons. The van der Waals surface area contributed by atoms with E-state index < -0.39 is 11.9 Å². The van der Waals surface area contributed by atoms with Crippen molar-refractivity contribution in [2.45, 2.75) is 53.9 Å². The smallest absolute Gasteiger partial charge is 0.334 e. The number of carbonyl (C=O) groups excluding carboxylic acids is 2. The van der Waals surface area contributed by atoms with Gasteiger partial charge in [-0.05, 0) is 24.7 Å². The third-order valence-corrected chi connectivity index (χ3v) is 2.47. The summed E-state index contributed by atoms with van der Waals surface area (Å²) in [6.45, 7) is 10.7. The maximum absolute atomic E-state index is 11.9. The molecule has 4 heteroatoms. The summed E-state index contributed by atoms with van der Waals surface area (Å²) in [5.74, 6) is -0.328. The van der Waals surface area contributed by atoms with E-state index in [0.717, 1.165) is 12.8 Å². The highest BCUT2D eigenvalue weighted by atomic mass is 16.5. The zero-order valence-electron chi connectivity index (χ0n) is 13.4. The molecular weight excluding hydrogens is 256 g/mol. The van der Waals surface area contributed by atoms with Gasteiger partial charge in [0.2, 0.25) is 0 Å². The average Bonchev–Trinajstić information content (AvgIpc) is 2.35. The molecule has 0 aliphatic rings. The Morgan fingerprint density at radius 1 is 1.05 bits per heavy atom. The molecule has 0 saturated heterocycles. The Morgan fingerprint density at radius 2 is 1.70 bits per heavy atom. The first-order valence-corrected chi connectivity index (χ1v) is 7.41. The molecule has 0 bridgehead atoms.